The highest BCUT2D eigenvalue weighted by Crippen LogP contribution is 2.06. The van der Waals surface area contributed by atoms with E-state index < -0.39 is 52.0 Å². The minimum atomic E-state index is -4.12. The Hall–Kier alpha value is -0.440. The molecule has 0 aromatic rings. The van der Waals surface area contributed by atoms with Gasteiger partial charge in [0.15, 0.2) is 0 Å². The van der Waals surface area contributed by atoms with Gasteiger partial charge in [0, 0.05) is 13.1 Å². The summed E-state index contributed by atoms with van der Waals surface area (Å²) in [6, 6.07) is 0. The first-order valence-electron chi connectivity index (χ1n) is 11.6. The third-order valence-electron chi connectivity index (χ3n) is 5.24. The summed E-state index contributed by atoms with van der Waals surface area (Å²) >= 11 is 0. The van der Waals surface area contributed by atoms with Crippen molar-refractivity contribution in [3.63, 3.8) is 0 Å². The van der Waals surface area contributed by atoms with E-state index in [1.807, 2.05) is 9.80 Å². The van der Waals surface area contributed by atoms with E-state index in [1.54, 1.807) is 0 Å². The molecule has 0 saturated carbocycles. The Kier molecular flexibility index (Phi) is 17.0. The number of unbranched alkanes of at least 4 members (excludes halogenated alkanes) is 4. The molecule has 0 amide bonds. The van der Waals surface area contributed by atoms with E-state index in [-0.39, 0.29) is 37.2 Å². The molecule has 0 heterocycles. The van der Waals surface area contributed by atoms with Crippen LogP contribution in [-0.4, -0.2) is 124 Å². The van der Waals surface area contributed by atoms with E-state index >= 15 is 0 Å². The number of hydrogen-bond acceptors (Lipinski definition) is 10. The van der Waals surface area contributed by atoms with E-state index in [1.165, 1.54) is 0 Å². The Bertz CT molecular complexity index is 944. The van der Waals surface area contributed by atoms with Gasteiger partial charge in [0.2, 0.25) is 0 Å². The summed E-state index contributed by atoms with van der Waals surface area (Å²) in [4.78, 5) is 3.87. The summed E-state index contributed by atoms with van der Waals surface area (Å²) in [6.45, 7) is 2.60. The summed E-state index contributed by atoms with van der Waals surface area (Å²) in [5.74, 6) is -1.54. The normalized spacial score (nSPS) is 13.6. The van der Waals surface area contributed by atoms with Crippen molar-refractivity contribution in [2.24, 2.45) is 0 Å². The van der Waals surface area contributed by atoms with E-state index in [9.17, 15) is 33.7 Å². The summed E-state index contributed by atoms with van der Waals surface area (Å²) in [7, 11) is -16.3. The summed E-state index contributed by atoms with van der Waals surface area (Å²) < 4.78 is 123. The van der Waals surface area contributed by atoms with Crippen LogP contribution in [0.15, 0.2) is 0 Å². The lowest BCUT2D eigenvalue weighted by molar-refractivity contribution is 0.198. The molecule has 0 rings (SSSR count). The maximum atomic E-state index is 11.0. The van der Waals surface area contributed by atoms with E-state index in [0.29, 0.717) is 65.0 Å². The highest BCUT2D eigenvalue weighted by atomic mass is 32.2. The van der Waals surface area contributed by atoms with Gasteiger partial charge in [-0.2, -0.15) is 33.7 Å². The van der Waals surface area contributed by atoms with Gasteiger partial charge >= 0.3 is 0 Å². The molecular weight excluding hydrogens is 564 g/mol. The van der Waals surface area contributed by atoms with Crippen LogP contribution in [0.1, 0.15) is 51.4 Å². The fourth-order valence-electron chi connectivity index (χ4n) is 3.49. The highest BCUT2D eigenvalue weighted by Gasteiger charge is 2.14. The monoisotopic (exact) mass is 604 g/mol. The molecule has 0 fully saturated rings. The molecular formula is C18H40N2O12S4. The van der Waals surface area contributed by atoms with Crippen molar-refractivity contribution in [2.75, 3.05) is 62.3 Å². The van der Waals surface area contributed by atoms with Crippen molar-refractivity contribution in [3.05, 3.63) is 0 Å². The second kappa shape index (κ2) is 17.2. The minimum absolute atomic E-state index is 0.169. The maximum absolute atomic E-state index is 11.0. The van der Waals surface area contributed by atoms with Gasteiger partial charge in [-0.3, -0.25) is 18.2 Å². The van der Waals surface area contributed by atoms with Crippen LogP contribution in [0.2, 0.25) is 0 Å². The molecule has 0 unspecified atom stereocenters. The lowest BCUT2D eigenvalue weighted by atomic mass is 10.2. The molecule has 0 aliphatic rings. The van der Waals surface area contributed by atoms with Crippen molar-refractivity contribution in [1.29, 1.82) is 0 Å². The highest BCUT2D eigenvalue weighted by molar-refractivity contribution is 7.86. The Labute approximate surface area is 215 Å². The third-order valence-corrected chi connectivity index (χ3v) is 8.46. The predicted octanol–water partition coefficient (Wildman–Crippen LogP) is 0.262. The van der Waals surface area contributed by atoms with Gasteiger partial charge in [0.1, 0.15) is 0 Å². The van der Waals surface area contributed by atoms with Gasteiger partial charge in [0.05, 0.1) is 23.0 Å². The topological polar surface area (TPSA) is 224 Å². The largest absolute Gasteiger partial charge is 0.302 e. The molecule has 36 heavy (non-hydrogen) atoms. The van der Waals surface area contributed by atoms with Gasteiger partial charge in [-0.05, 0) is 64.7 Å². The molecule has 18 heteroatoms. The molecule has 0 radical (unpaired) electrons. The fraction of sp³-hybridized carbons (Fsp3) is 1.00. The molecule has 4 N–H and O–H groups in total. The van der Waals surface area contributed by atoms with Gasteiger partial charge in [-0.1, -0.05) is 12.8 Å². The van der Waals surface area contributed by atoms with E-state index in [0.717, 1.165) is 0 Å². The molecule has 218 valence electrons. The summed E-state index contributed by atoms with van der Waals surface area (Å²) in [5.41, 5.74) is 0. The van der Waals surface area contributed by atoms with Crippen LogP contribution in [0.3, 0.4) is 0 Å². The summed E-state index contributed by atoms with van der Waals surface area (Å²) in [6.07, 6.45) is 3.07. The van der Waals surface area contributed by atoms with Crippen LogP contribution in [-0.2, 0) is 40.5 Å². The van der Waals surface area contributed by atoms with Crippen LogP contribution in [0, 0.1) is 0 Å². The SMILES string of the molecule is O=S(=O)(O)CCCCCN(CCCS(=O)(=O)O)CCN(CCCCCS(=O)(=O)O)CCCS(=O)(=O)O. The van der Waals surface area contributed by atoms with Crippen LogP contribution in [0.4, 0.5) is 0 Å². The minimum Gasteiger partial charge on any atom is -0.302 e. The lowest BCUT2D eigenvalue weighted by Gasteiger charge is -2.28. The molecule has 0 aliphatic carbocycles. The summed E-state index contributed by atoms with van der Waals surface area (Å²) in [5, 5.41) is 0. The van der Waals surface area contributed by atoms with Crippen molar-refractivity contribution in [1.82, 2.24) is 9.80 Å². The zero-order valence-corrected chi connectivity index (χ0v) is 23.6. The molecule has 0 aromatic carbocycles. The Morgan fingerprint density at radius 1 is 0.333 bits per heavy atom. The fourth-order valence-corrected chi connectivity index (χ4v) is 5.61. The average molecular weight is 605 g/mol. The number of rotatable bonds is 23. The Morgan fingerprint density at radius 3 is 0.861 bits per heavy atom. The maximum Gasteiger partial charge on any atom is 0.264 e. The zero-order chi connectivity index (χ0) is 27.9. The van der Waals surface area contributed by atoms with Crippen LogP contribution < -0.4 is 0 Å². The Morgan fingerprint density at radius 2 is 0.583 bits per heavy atom. The van der Waals surface area contributed by atoms with Gasteiger partial charge < -0.3 is 9.80 Å². The quantitative estimate of drug-likeness (QED) is 0.0907. The van der Waals surface area contributed by atoms with Crippen molar-refractivity contribution in [2.45, 2.75) is 51.4 Å². The second-order valence-corrected chi connectivity index (χ2v) is 14.9. The van der Waals surface area contributed by atoms with Gasteiger partial charge in [-0.25, -0.2) is 0 Å². The van der Waals surface area contributed by atoms with Crippen LogP contribution >= 0.6 is 0 Å². The van der Waals surface area contributed by atoms with Crippen molar-refractivity contribution in [3.8, 4) is 0 Å². The van der Waals surface area contributed by atoms with E-state index in [2.05, 4.69) is 0 Å². The molecule has 0 atom stereocenters. The van der Waals surface area contributed by atoms with Crippen molar-refractivity contribution >= 4 is 40.5 Å². The molecule has 0 aromatic heterocycles. The smallest absolute Gasteiger partial charge is 0.264 e. The molecule has 0 aliphatic heterocycles. The zero-order valence-electron chi connectivity index (χ0n) is 20.3. The van der Waals surface area contributed by atoms with Crippen LogP contribution in [0.5, 0.6) is 0 Å². The number of hydrogen-bond donors (Lipinski definition) is 4. The second-order valence-electron chi connectivity index (χ2n) is 8.66. The molecule has 0 spiro atoms. The number of nitrogens with zero attached hydrogens (tertiary/aromatic N) is 2. The third kappa shape index (κ3) is 26.6. The predicted molar refractivity (Wildman–Crippen MR) is 135 cm³/mol. The molecule has 0 saturated heterocycles. The van der Waals surface area contributed by atoms with Gasteiger partial charge in [0.25, 0.3) is 40.5 Å². The molecule has 0 bridgehead atoms. The average Bonchev–Trinajstić information content (AvgIpc) is 2.66. The molecule has 14 nitrogen and oxygen atoms in total. The first-order chi connectivity index (χ1) is 16.4. The first-order valence-corrected chi connectivity index (χ1v) is 18.1. The Balaban J connectivity index is 4.89. The first kappa shape index (κ1) is 35.6. The van der Waals surface area contributed by atoms with E-state index in [4.69, 9.17) is 18.2 Å². The van der Waals surface area contributed by atoms with Crippen LogP contribution in [0.25, 0.3) is 0 Å². The van der Waals surface area contributed by atoms with Crippen molar-refractivity contribution < 1.29 is 51.9 Å². The lowest BCUT2D eigenvalue weighted by Crippen LogP contribution is -2.38. The van der Waals surface area contributed by atoms with Gasteiger partial charge in [-0.15, -0.1) is 0 Å². The standard InChI is InChI=1S/C18H40N2O12S4/c21-33(22,23)15-5-1-3-9-19(11-7-17-35(27,28)29)13-14-20(12-8-18-36(30,31)32)10-4-2-6-16-34(24,25)26/h1-18H2,(H,21,22,23)(H,24,25,26)(H,27,28,29)(H,30,31,32).